The van der Waals surface area contributed by atoms with Gasteiger partial charge in [0.2, 0.25) is 0 Å². The van der Waals surface area contributed by atoms with Crippen molar-refractivity contribution in [3.05, 3.63) is 47.9 Å². The molecule has 0 atom stereocenters. The zero-order chi connectivity index (χ0) is 17.7. The summed E-state index contributed by atoms with van der Waals surface area (Å²) in [4.78, 5) is 8.80. The van der Waals surface area contributed by atoms with Crippen LogP contribution in [0.2, 0.25) is 0 Å². The SMILES string of the molecule is Cc1nc2ccc(-c3cc(F)c4nc(C5CCNCC5)cn4c3)nn2n1. The number of nitrogens with zero attached hydrogens (tertiary/aromatic N) is 6. The molecule has 4 aromatic heterocycles. The van der Waals surface area contributed by atoms with Crippen LogP contribution < -0.4 is 5.32 Å². The molecule has 1 aliphatic rings. The molecule has 0 radical (unpaired) electrons. The predicted octanol–water partition coefficient (Wildman–Crippen LogP) is 2.35. The van der Waals surface area contributed by atoms with Gasteiger partial charge < -0.3 is 9.72 Å². The van der Waals surface area contributed by atoms with Crippen molar-refractivity contribution in [1.82, 2.24) is 34.5 Å². The van der Waals surface area contributed by atoms with Gasteiger partial charge in [0, 0.05) is 23.9 Å². The Hall–Kier alpha value is -2.87. The minimum atomic E-state index is -0.348. The fourth-order valence-corrected chi connectivity index (χ4v) is 3.57. The first kappa shape index (κ1) is 15.4. The summed E-state index contributed by atoms with van der Waals surface area (Å²) in [5.74, 6) is 0.684. The first-order valence-corrected chi connectivity index (χ1v) is 8.77. The first-order valence-electron chi connectivity index (χ1n) is 8.77. The van der Waals surface area contributed by atoms with Gasteiger partial charge in [0.05, 0.1) is 11.4 Å². The predicted molar refractivity (Wildman–Crippen MR) is 94.5 cm³/mol. The van der Waals surface area contributed by atoms with E-state index in [1.54, 1.807) is 4.40 Å². The van der Waals surface area contributed by atoms with E-state index in [1.165, 1.54) is 10.7 Å². The van der Waals surface area contributed by atoms with Crippen LogP contribution in [0, 0.1) is 12.7 Å². The van der Waals surface area contributed by atoms with Crippen LogP contribution in [0.5, 0.6) is 0 Å². The lowest BCUT2D eigenvalue weighted by Gasteiger charge is -2.20. The highest BCUT2D eigenvalue weighted by Crippen LogP contribution is 2.27. The van der Waals surface area contributed by atoms with Crippen molar-refractivity contribution in [2.24, 2.45) is 0 Å². The third-order valence-electron chi connectivity index (χ3n) is 4.89. The summed E-state index contributed by atoms with van der Waals surface area (Å²) in [6, 6.07) is 5.14. The van der Waals surface area contributed by atoms with Crippen molar-refractivity contribution in [3.8, 4) is 11.3 Å². The molecule has 0 amide bonds. The Kier molecular flexibility index (Phi) is 3.46. The normalized spacial score (nSPS) is 15.9. The number of hydrogen-bond acceptors (Lipinski definition) is 5. The molecule has 8 heteroatoms. The standard InChI is InChI=1S/C18H18FN7/c1-11-21-17-3-2-15(24-26(17)23-11)13-8-14(19)18-22-16(10-25(18)9-13)12-4-6-20-7-5-12/h2-3,8-10,12,20H,4-7H2,1H3. The number of rotatable bonds is 2. The molecule has 1 fully saturated rings. The molecule has 0 bridgehead atoms. The van der Waals surface area contributed by atoms with Gasteiger partial charge in [-0.3, -0.25) is 0 Å². The smallest absolute Gasteiger partial charge is 0.176 e. The molecule has 0 unspecified atom stereocenters. The van der Waals surface area contributed by atoms with Crippen molar-refractivity contribution in [1.29, 1.82) is 0 Å². The molecule has 26 heavy (non-hydrogen) atoms. The summed E-state index contributed by atoms with van der Waals surface area (Å²) in [7, 11) is 0. The summed E-state index contributed by atoms with van der Waals surface area (Å²) in [5, 5.41) is 12.0. The Labute approximate surface area is 148 Å². The number of aromatic nitrogens is 6. The molecule has 0 aromatic carbocycles. The fourth-order valence-electron chi connectivity index (χ4n) is 3.57. The molecule has 4 aromatic rings. The lowest BCUT2D eigenvalue weighted by Crippen LogP contribution is -2.26. The molecule has 132 valence electrons. The number of hydrogen-bond donors (Lipinski definition) is 1. The Balaban J connectivity index is 1.58. The fraction of sp³-hybridized carbons (Fsp3) is 0.333. The van der Waals surface area contributed by atoms with E-state index >= 15 is 0 Å². The topological polar surface area (TPSA) is 72.4 Å². The summed E-state index contributed by atoms with van der Waals surface area (Å²) < 4.78 is 17.9. The third kappa shape index (κ3) is 2.53. The maximum Gasteiger partial charge on any atom is 0.176 e. The highest BCUT2D eigenvalue weighted by molar-refractivity contribution is 5.62. The van der Waals surface area contributed by atoms with E-state index < -0.39 is 0 Å². The van der Waals surface area contributed by atoms with Gasteiger partial charge in [-0.2, -0.15) is 0 Å². The van der Waals surface area contributed by atoms with E-state index in [-0.39, 0.29) is 5.82 Å². The molecule has 0 aliphatic carbocycles. The van der Waals surface area contributed by atoms with E-state index in [0.29, 0.717) is 34.3 Å². The van der Waals surface area contributed by atoms with Gasteiger partial charge >= 0.3 is 0 Å². The number of halogens is 1. The lowest BCUT2D eigenvalue weighted by atomic mass is 9.95. The van der Waals surface area contributed by atoms with Gasteiger partial charge in [0.15, 0.2) is 17.1 Å². The van der Waals surface area contributed by atoms with E-state index in [9.17, 15) is 4.39 Å². The van der Waals surface area contributed by atoms with Crippen molar-refractivity contribution >= 4 is 11.3 Å². The van der Waals surface area contributed by atoms with E-state index in [4.69, 9.17) is 0 Å². The van der Waals surface area contributed by atoms with E-state index in [2.05, 4.69) is 25.5 Å². The molecule has 1 saturated heterocycles. The van der Waals surface area contributed by atoms with E-state index in [0.717, 1.165) is 31.6 Å². The second kappa shape index (κ2) is 5.84. The number of imidazole rings is 1. The Morgan fingerprint density at radius 2 is 1.96 bits per heavy atom. The van der Waals surface area contributed by atoms with Crippen LogP contribution in [0.1, 0.15) is 30.3 Å². The lowest BCUT2D eigenvalue weighted by molar-refractivity contribution is 0.454. The third-order valence-corrected chi connectivity index (χ3v) is 4.89. The van der Waals surface area contributed by atoms with Crippen LogP contribution >= 0.6 is 0 Å². The van der Waals surface area contributed by atoms with Crippen LogP contribution in [-0.2, 0) is 0 Å². The number of nitrogens with one attached hydrogen (secondary N) is 1. The quantitative estimate of drug-likeness (QED) is 0.600. The van der Waals surface area contributed by atoms with Crippen LogP contribution in [0.25, 0.3) is 22.6 Å². The van der Waals surface area contributed by atoms with Crippen molar-refractivity contribution in [2.45, 2.75) is 25.7 Å². The summed E-state index contributed by atoms with van der Waals surface area (Å²) in [6.45, 7) is 3.77. The molecule has 1 N–H and O–H groups in total. The zero-order valence-corrected chi connectivity index (χ0v) is 14.4. The highest BCUT2D eigenvalue weighted by atomic mass is 19.1. The van der Waals surface area contributed by atoms with Gasteiger partial charge in [0.25, 0.3) is 0 Å². The Morgan fingerprint density at radius 1 is 1.12 bits per heavy atom. The molecule has 7 nitrogen and oxygen atoms in total. The average Bonchev–Trinajstić information content (AvgIpc) is 3.24. The van der Waals surface area contributed by atoms with Gasteiger partial charge in [-0.05, 0) is 51.1 Å². The second-order valence-electron chi connectivity index (χ2n) is 6.72. The summed E-state index contributed by atoms with van der Waals surface area (Å²) in [6.07, 6.45) is 5.87. The average molecular weight is 351 g/mol. The van der Waals surface area contributed by atoms with Crippen LogP contribution in [0.4, 0.5) is 4.39 Å². The monoisotopic (exact) mass is 351 g/mol. The Morgan fingerprint density at radius 3 is 2.81 bits per heavy atom. The van der Waals surface area contributed by atoms with Crippen LogP contribution in [-0.4, -0.2) is 42.3 Å². The first-order chi connectivity index (χ1) is 12.7. The molecule has 5 rings (SSSR count). The van der Waals surface area contributed by atoms with Gasteiger partial charge in [-0.15, -0.1) is 14.8 Å². The number of pyridine rings is 1. The van der Waals surface area contributed by atoms with Crippen molar-refractivity contribution < 1.29 is 4.39 Å². The number of aryl methyl sites for hydroxylation is 1. The Bertz CT molecular complexity index is 1110. The van der Waals surface area contributed by atoms with Gasteiger partial charge in [-0.1, -0.05) is 0 Å². The number of piperidine rings is 1. The number of fused-ring (bicyclic) bond motifs is 2. The molecular weight excluding hydrogens is 333 g/mol. The minimum Gasteiger partial charge on any atom is -0.317 e. The second-order valence-corrected chi connectivity index (χ2v) is 6.72. The van der Waals surface area contributed by atoms with Gasteiger partial charge in [-0.25, -0.2) is 14.4 Å². The molecule has 0 spiro atoms. The highest BCUT2D eigenvalue weighted by Gasteiger charge is 2.19. The van der Waals surface area contributed by atoms with E-state index in [1.807, 2.05) is 31.5 Å². The summed E-state index contributed by atoms with van der Waals surface area (Å²) in [5.41, 5.74) is 3.31. The maximum atomic E-state index is 14.7. The van der Waals surface area contributed by atoms with Crippen molar-refractivity contribution in [3.63, 3.8) is 0 Å². The maximum absolute atomic E-state index is 14.7. The molecular formula is C18H18FN7. The zero-order valence-electron chi connectivity index (χ0n) is 14.4. The van der Waals surface area contributed by atoms with Crippen molar-refractivity contribution in [2.75, 3.05) is 13.1 Å². The molecule has 0 saturated carbocycles. The largest absolute Gasteiger partial charge is 0.317 e. The van der Waals surface area contributed by atoms with Gasteiger partial charge in [0.1, 0.15) is 5.82 Å². The summed E-state index contributed by atoms with van der Waals surface area (Å²) >= 11 is 0. The molecule has 5 heterocycles. The molecule has 1 aliphatic heterocycles. The van der Waals surface area contributed by atoms with Crippen LogP contribution in [0.15, 0.2) is 30.6 Å². The minimum absolute atomic E-state index is 0.348. The van der Waals surface area contributed by atoms with Crippen LogP contribution in [0.3, 0.4) is 0 Å².